The number of aliphatic carboxylic acids is 1. The number of carbonyl (C=O) groups excluding carboxylic acids is 5. The van der Waals surface area contributed by atoms with Gasteiger partial charge in [-0.2, -0.15) is 0 Å². The van der Waals surface area contributed by atoms with E-state index < -0.39 is 5.97 Å². The Labute approximate surface area is 504 Å². The number of nitrogens with one attached hydrogen (secondary N) is 1. The number of rotatable bonds is 3. The van der Waals surface area contributed by atoms with Crippen molar-refractivity contribution in [3.63, 3.8) is 0 Å². The molecule has 0 spiro atoms. The van der Waals surface area contributed by atoms with Crippen molar-refractivity contribution in [1.82, 2.24) is 15.1 Å². The molecular formula is C73H107N3O8. The van der Waals surface area contributed by atoms with Gasteiger partial charge in [-0.05, 0) is 237 Å². The summed E-state index contributed by atoms with van der Waals surface area (Å²) in [4.78, 5) is 75.7. The maximum Gasteiger partial charge on any atom is 0.300 e. The van der Waals surface area contributed by atoms with Crippen molar-refractivity contribution in [3.05, 3.63) is 71.0 Å². The van der Waals surface area contributed by atoms with Gasteiger partial charge in [0, 0.05) is 102 Å². The molecule has 11 unspecified atom stereocenters. The Kier molecular flexibility index (Phi) is 18.4. The molecule has 3 N–H and O–H groups in total. The van der Waals surface area contributed by atoms with Crippen LogP contribution in [0.25, 0.3) is 0 Å². The third-order valence-corrected chi connectivity index (χ3v) is 26.5. The molecule has 0 radical (unpaired) electrons. The van der Waals surface area contributed by atoms with Gasteiger partial charge in [-0.1, -0.05) is 78.3 Å². The van der Waals surface area contributed by atoms with Crippen molar-refractivity contribution >= 4 is 34.9 Å². The molecule has 84 heavy (non-hydrogen) atoms. The van der Waals surface area contributed by atoms with Crippen molar-refractivity contribution < 1.29 is 39.0 Å². The lowest BCUT2D eigenvalue weighted by molar-refractivity contribution is -0.134. The maximum absolute atomic E-state index is 12.8. The SMILES string of the molecule is C.C1CCNC1.CC(=O)O.C[C@]12C(=CCC3C1CC[C@]1(C)C(=O)CCC31)C=C(N1CCCC1)CC2N1CCCC1.C[C@]12C=CC(=O)C=C1C(CO)CC1C2CC[C@]2(C)C(=O)CCC12.C[C@]12C=CC(=O)C=C1CCC1C2CC[C@]2(C)C(=O)CCC12. The Morgan fingerprint density at radius 2 is 1.10 bits per heavy atom. The number of carboxylic acid groups (broad SMARTS) is 1. The average molecular weight is 1150 g/mol. The lowest BCUT2D eigenvalue weighted by Crippen LogP contribution is -2.58. The average Bonchev–Trinajstić information content (AvgIpc) is 1.33. The summed E-state index contributed by atoms with van der Waals surface area (Å²) in [6.07, 6.45) is 42.7. The first-order valence-corrected chi connectivity index (χ1v) is 33.5. The second-order valence-electron chi connectivity index (χ2n) is 30.3. The maximum atomic E-state index is 12.8. The third kappa shape index (κ3) is 10.9. The summed E-state index contributed by atoms with van der Waals surface area (Å²) < 4.78 is 0. The molecule has 0 amide bonds. The molecule has 3 saturated heterocycles. The number of hydrogen-bond acceptors (Lipinski definition) is 10. The number of nitrogens with zero attached hydrogens (tertiary/aromatic N) is 2. The van der Waals surface area contributed by atoms with Gasteiger partial charge in [0.2, 0.25) is 0 Å². The van der Waals surface area contributed by atoms with Crippen LogP contribution in [-0.4, -0.2) is 107 Å². The van der Waals surface area contributed by atoms with Gasteiger partial charge in [0.1, 0.15) is 17.3 Å². The van der Waals surface area contributed by atoms with Crippen LogP contribution in [0.3, 0.4) is 0 Å². The van der Waals surface area contributed by atoms with Gasteiger partial charge in [-0.3, -0.25) is 33.7 Å². The minimum Gasteiger partial charge on any atom is -0.481 e. The Hall–Kier alpha value is -4.06. The van der Waals surface area contributed by atoms with Crippen molar-refractivity contribution in [3.8, 4) is 0 Å². The van der Waals surface area contributed by atoms with Crippen LogP contribution in [0.1, 0.15) is 204 Å². The van der Waals surface area contributed by atoms with Crippen molar-refractivity contribution in [2.45, 2.75) is 210 Å². The minimum atomic E-state index is -0.833. The van der Waals surface area contributed by atoms with E-state index in [1.54, 1.807) is 29.5 Å². The summed E-state index contributed by atoms with van der Waals surface area (Å²) in [6, 6.07) is 0.654. The van der Waals surface area contributed by atoms with Gasteiger partial charge < -0.3 is 20.4 Å². The van der Waals surface area contributed by atoms with Crippen LogP contribution < -0.4 is 5.32 Å². The molecule has 17 atom stereocenters. The van der Waals surface area contributed by atoms with Gasteiger partial charge >= 0.3 is 0 Å². The van der Waals surface area contributed by atoms with Gasteiger partial charge in [0.15, 0.2) is 11.6 Å². The number of likely N-dealkylation sites (tertiary alicyclic amines) is 2. The number of ketones is 5. The fraction of sp³-hybridized carbons (Fsp3) is 0.753. The summed E-state index contributed by atoms with van der Waals surface area (Å²) in [6.45, 7) is 22.7. The van der Waals surface area contributed by atoms with Gasteiger partial charge in [0.05, 0.1) is 0 Å². The topological polar surface area (TPSA) is 161 Å². The summed E-state index contributed by atoms with van der Waals surface area (Å²) in [5.74, 6) is 6.33. The second-order valence-corrected chi connectivity index (χ2v) is 30.3. The normalized spacial score (nSPS) is 43.7. The molecule has 0 bridgehead atoms. The monoisotopic (exact) mass is 1150 g/mol. The second kappa shape index (κ2) is 24.5. The van der Waals surface area contributed by atoms with Crippen LogP contribution in [0.15, 0.2) is 71.0 Å². The zero-order valence-corrected chi connectivity index (χ0v) is 51.9. The van der Waals surface area contributed by atoms with Crippen molar-refractivity contribution in [1.29, 1.82) is 0 Å². The molecule has 8 saturated carbocycles. The van der Waals surface area contributed by atoms with Crippen LogP contribution in [-0.2, 0) is 28.8 Å². The molecule has 11 fully saturated rings. The number of allylic oxidation sites excluding steroid dienone is 9. The lowest BCUT2D eigenvalue weighted by Gasteiger charge is -2.60. The number of carbonyl (C=O) groups is 6. The van der Waals surface area contributed by atoms with E-state index in [1.807, 2.05) is 6.08 Å². The van der Waals surface area contributed by atoms with Gasteiger partial charge in [0.25, 0.3) is 5.97 Å². The lowest BCUT2D eigenvalue weighted by atomic mass is 9.46. The fourth-order valence-electron chi connectivity index (χ4n) is 21.9. The molecule has 3 aliphatic heterocycles. The molecule has 11 nitrogen and oxygen atoms in total. The van der Waals surface area contributed by atoms with Gasteiger partial charge in [-0.25, -0.2) is 0 Å². The molecule has 15 aliphatic rings. The molecular weight excluding hydrogens is 1050 g/mol. The highest BCUT2D eigenvalue weighted by molar-refractivity contribution is 6.02. The minimum absolute atomic E-state index is 0. The molecule has 3 heterocycles. The highest BCUT2D eigenvalue weighted by atomic mass is 16.4. The first-order valence-electron chi connectivity index (χ1n) is 33.5. The number of carboxylic acids is 1. The number of fused-ring (bicyclic) bond motifs is 15. The summed E-state index contributed by atoms with van der Waals surface area (Å²) in [5, 5.41) is 20.6. The van der Waals surface area contributed by atoms with E-state index in [1.165, 1.54) is 109 Å². The number of aliphatic hydroxyl groups is 1. The molecule has 0 aromatic carbocycles. The Morgan fingerprint density at radius 3 is 1.64 bits per heavy atom. The van der Waals surface area contributed by atoms with Crippen molar-refractivity contribution in [2.24, 2.45) is 91.7 Å². The Morgan fingerprint density at radius 1 is 0.595 bits per heavy atom. The van der Waals surface area contributed by atoms with E-state index in [9.17, 15) is 29.1 Å². The predicted molar refractivity (Wildman–Crippen MR) is 332 cm³/mol. The van der Waals surface area contributed by atoms with Crippen LogP contribution >= 0.6 is 0 Å². The summed E-state index contributed by atoms with van der Waals surface area (Å²) in [7, 11) is 0. The third-order valence-electron chi connectivity index (χ3n) is 26.5. The molecule has 462 valence electrons. The van der Waals surface area contributed by atoms with E-state index in [4.69, 9.17) is 9.90 Å². The summed E-state index contributed by atoms with van der Waals surface area (Å²) in [5.41, 5.74) is 5.73. The van der Waals surface area contributed by atoms with E-state index in [0.717, 1.165) is 108 Å². The molecule has 15 rings (SSSR count). The van der Waals surface area contributed by atoms with E-state index in [0.29, 0.717) is 64.8 Å². The first kappa shape index (κ1) is 63.0. The highest BCUT2D eigenvalue weighted by Crippen LogP contribution is 2.67. The van der Waals surface area contributed by atoms with E-state index in [-0.39, 0.29) is 64.0 Å². The van der Waals surface area contributed by atoms with E-state index >= 15 is 0 Å². The van der Waals surface area contributed by atoms with Crippen molar-refractivity contribution in [2.75, 3.05) is 45.9 Å². The van der Waals surface area contributed by atoms with Gasteiger partial charge in [-0.15, -0.1) is 0 Å². The summed E-state index contributed by atoms with van der Waals surface area (Å²) >= 11 is 0. The highest BCUT2D eigenvalue weighted by Gasteiger charge is 2.63. The fourth-order valence-corrected chi connectivity index (χ4v) is 21.9. The quantitative estimate of drug-likeness (QED) is 0.247. The number of aliphatic hydroxyl groups excluding tert-OH is 1. The first-order chi connectivity index (χ1) is 39.6. The standard InChI is InChI=1S/C27H40N2O.C20H26O3.C19H24O2.C4H9N.C2H4O2.CH4/c1-26-12-11-23-21(22(26)9-10-25(26)30)8-7-19-17-20(28-13-3-4-14-28)18-24(27(19,23)2)29-15-5-6-16-29;1-19-7-5-13(22)10-17(19)12(11-21)9-14-15-3-4-18(23)20(15,2)8-6-16(14)19;1-18-9-7-13(20)11-12(18)3-4-14-15-5-6-17(21)19(15,2)10-8-16(14)18;1-2-4-5-3-1;1-2(3)4;/h7,17,21-24H,3-6,8-16,18H2,1-2H3;5,7,10,12,14-16,21H,3-4,6,8-9,11H2,1-2H3;7,9,11,14-16H,3-6,8,10H2,1-2H3;5H,1-4H2;1H3,(H,3,4);1H4/t21?,22?,23?,24?,26-,27-;12?,14?,15?,16?,19-,20+;14?,15?,16?,18-,19-;;;/m010.../s1. The Bertz CT molecular complexity index is 2740. The molecule has 0 aromatic rings. The molecule has 0 aromatic heterocycles. The van der Waals surface area contributed by atoms with Crippen LogP contribution in [0.2, 0.25) is 0 Å². The smallest absolute Gasteiger partial charge is 0.300 e. The predicted octanol–water partition coefficient (Wildman–Crippen LogP) is 13.2. The van der Waals surface area contributed by atoms with E-state index in [2.05, 4.69) is 81.0 Å². The Balaban J connectivity index is 0.000000132. The van der Waals surface area contributed by atoms with Crippen LogP contribution in [0.4, 0.5) is 0 Å². The largest absolute Gasteiger partial charge is 0.481 e. The molecule has 11 heteroatoms. The van der Waals surface area contributed by atoms with Crippen LogP contribution in [0, 0.1) is 91.7 Å². The number of hydrogen-bond donors (Lipinski definition) is 3. The zero-order valence-electron chi connectivity index (χ0n) is 51.9. The number of Topliss-reactive ketones (excluding diaryl/α,β-unsaturated/α-hetero) is 3. The molecule has 12 aliphatic carbocycles. The van der Waals surface area contributed by atoms with Crippen LogP contribution in [0.5, 0.6) is 0 Å². The zero-order chi connectivity index (χ0) is 58.9.